The standard InChI is InChI=1S/C17H27NO3/c1-13(2)21-16-7-6-14(9-17(16)19-3)10-18-11-15-5-4-8-20-12-15/h6-7,9,13,15,18H,4-5,8,10-12H2,1-3H3. The summed E-state index contributed by atoms with van der Waals surface area (Å²) >= 11 is 0. The van der Waals surface area contributed by atoms with Crippen molar-refractivity contribution in [2.45, 2.75) is 39.3 Å². The second kappa shape index (κ2) is 8.25. The molecule has 21 heavy (non-hydrogen) atoms. The summed E-state index contributed by atoms with van der Waals surface area (Å²) in [5.74, 6) is 2.24. The second-order valence-corrected chi connectivity index (χ2v) is 5.87. The van der Waals surface area contributed by atoms with Gasteiger partial charge in [0.1, 0.15) is 0 Å². The molecule has 1 fully saturated rings. The Bertz CT molecular complexity index is 428. The molecule has 4 nitrogen and oxygen atoms in total. The van der Waals surface area contributed by atoms with Gasteiger partial charge in [-0.3, -0.25) is 0 Å². The minimum absolute atomic E-state index is 0.147. The molecule has 1 unspecified atom stereocenters. The monoisotopic (exact) mass is 293 g/mol. The number of benzene rings is 1. The molecule has 0 saturated carbocycles. The highest BCUT2D eigenvalue weighted by Crippen LogP contribution is 2.29. The van der Waals surface area contributed by atoms with Gasteiger partial charge in [0.25, 0.3) is 0 Å². The van der Waals surface area contributed by atoms with Crippen LogP contribution in [-0.4, -0.2) is 33.0 Å². The van der Waals surface area contributed by atoms with E-state index >= 15 is 0 Å². The van der Waals surface area contributed by atoms with Gasteiger partial charge in [0.15, 0.2) is 11.5 Å². The highest BCUT2D eigenvalue weighted by Gasteiger charge is 2.13. The highest BCUT2D eigenvalue weighted by molar-refractivity contribution is 5.43. The lowest BCUT2D eigenvalue weighted by Gasteiger charge is -2.22. The Morgan fingerprint density at radius 1 is 1.33 bits per heavy atom. The predicted octanol–water partition coefficient (Wildman–Crippen LogP) is 3.00. The van der Waals surface area contributed by atoms with Crippen molar-refractivity contribution in [3.63, 3.8) is 0 Å². The molecule has 0 bridgehead atoms. The van der Waals surface area contributed by atoms with Crippen molar-refractivity contribution in [1.29, 1.82) is 0 Å². The van der Waals surface area contributed by atoms with Crippen LogP contribution >= 0.6 is 0 Å². The van der Waals surface area contributed by atoms with E-state index in [2.05, 4.69) is 11.4 Å². The van der Waals surface area contributed by atoms with E-state index in [0.717, 1.165) is 37.8 Å². The summed E-state index contributed by atoms with van der Waals surface area (Å²) in [6.45, 7) is 7.69. The van der Waals surface area contributed by atoms with E-state index in [0.29, 0.717) is 5.92 Å². The van der Waals surface area contributed by atoms with Gasteiger partial charge in [-0.1, -0.05) is 6.07 Å². The maximum absolute atomic E-state index is 5.73. The molecule has 4 heteroatoms. The fraction of sp³-hybridized carbons (Fsp3) is 0.647. The Morgan fingerprint density at radius 2 is 2.19 bits per heavy atom. The van der Waals surface area contributed by atoms with Crippen molar-refractivity contribution in [2.75, 3.05) is 26.9 Å². The second-order valence-electron chi connectivity index (χ2n) is 5.87. The molecule has 0 aromatic heterocycles. The lowest BCUT2D eigenvalue weighted by atomic mass is 10.0. The Hall–Kier alpha value is -1.26. The summed E-state index contributed by atoms with van der Waals surface area (Å²) in [6.07, 6.45) is 2.59. The number of ether oxygens (including phenoxy) is 3. The van der Waals surface area contributed by atoms with E-state index in [9.17, 15) is 0 Å². The van der Waals surface area contributed by atoms with Crippen LogP contribution in [0.15, 0.2) is 18.2 Å². The first-order valence-electron chi connectivity index (χ1n) is 7.81. The third kappa shape index (κ3) is 5.21. The first-order valence-corrected chi connectivity index (χ1v) is 7.81. The Labute approximate surface area is 127 Å². The van der Waals surface area contributed by atoms with Crippen molar-refractivity contribution in [1.82, 2.24) is 5.32 Å². The molecule has 2 rings (SSSR count). The largest absolute Gasteiger partial charge is 0.493 e. The van der Waals surface area contributed by atoms with Crippen molar-refractivity contribution < 1.29 is 14.2 Å². The molecule has 1 aliphatic heterocycles. The molecule has 0 radical (unpaired) electrons. The first kappa shape index (κ1) is 16.1. The van der Waals surface area contributed by atoms with E-state index in [1.54, 1.807) is 7.11 Å². The number of methoxy groups -OCH3 is 1. The Balaban J connectivity index is 1.85. The zero-order chi connectivity index (χ0) is 15.1. The van der Waals surface area contributed by atoms with Crippen molar-refractivity contribution in [2.24, 2.45) is 5.92 Å². The van der Waals surface area contributed by atoms with Crippen molar-refractivity contribution in [3.05, 3.63) is 23.8 Å². The summed E-state index contributed by atoms with van der Waals surface area (Å²) in [4.78, 5) is 0. The van der Waals surface area contributed by atoms with E-state index < -0.39 is 0 Å². The van der Waals surface area contributed by atoms with E-state index in [-0.39, 0.29) is 6.10 Å². The Kier molecular flexibility index (Phi) is 6.33. The van der Waals surface area contributed by atoms with Gasteiger partial charge in [-0.15, -0.1) is 0 Å². The Morgan fingerprint density at radius 3 is 2.86 bits per heavy atom. The van der Waals surface area contributed by atoms with Gasteiger partial charge in [0.05, 0.1) is 19.8 Å². The van der Waals surface area contributed by atoms with Crippen LogP contribution < -0.4 is 14.8 Å². The van der Waals surface area contributed by atoms with Gasteiger partial charge < -0.3 is 19.5 Å². The van der Waals surface area contributed by atoms with Crippen LogP contribution in [0, 0.1) is 5.92 Å². The molecule has 0 aliphatic carbocycles. The number of hydrogen-bond donors (Lipinski definition) is 1. The molecule has 1 aliphatic rings. The SMILES string of the molecule is COc1cc(CNCC2CCCOC2)ccc1OC(C)C. The predicted molar refractivity (Wildman–Crippen MR) is 84.0 cm³/mol. The van der Waals surface area contributed by atoms with Crippen LogP contribution in [-0.2, 0) is 11.3 Å². The number of nitrogens with one attached hydrogen (secondary N) is 1. The van der Waals surface area contributed by atoms with Gasteiger partial charge >= 0.3 is 0 Å². The fourth-order valence-corrected chi connectivity index (χ4v) is 2.56. The van der Waals surface area contributed by atoms with E-state index in [1.807, 2.05) is 26.0 Å². The molecule has 0 amide bonds. The summed E-state index contributed by atoms with van der Waals surface area (Å²) in [6, 6.07) is 6.12. The lowest BCUT2D eigenvalue weighted by Crippen LogP contribution is -2.28. The maximum Gasteiger partial charge on any atom is 0.161 e. The molecule has 1 saturated heterocycles. The summed E-state index contributed by atoms with van der Waals surface area (Å²) in [5, 5.41) is 3.51. The molecular formula is C17H27NO3. The molecule has 1 N–H and O–H groups in total. The molecule has 1 aromatic rings. The molecule has 118 valence electrons. The van der Waals surface area contributed by atoms with Gasteiger partial charge in [0.2, 0.25) is 0 Å². The van der Waals surface area contributed by atoms with E-state index in [1.165, 1.54) is 18.4 Å². The average Bonchev–Trinajstić information content (AvgIpc) is 2.49. The summed E-state index contributed by atoms with van der Waals surface area (Å²) in [5.41, 5.74) is 1.21. The number of rotatable bonds is 7. The highest BCUT2D eigenvalue weighted by atomic mass is 16.5. The van der Waals surface area contributed by atoms with Crippen molar-refractivity contribution >= 4 is 0 Å². The zero-order valence-electron chi connectivity index (χ0n) is 13.4. The molecule has 1 heterocycles. The van der Waals surface area contributed by atoms with Gasteiger partial charge in [0, 0.05) is 19.7 Å². The summed E-state index contributed by atoms with van der Waals surface area (Å²) in [7, 11) is 1.68. The third-order valence-electron chi connectivity index (χ3n) is 3.61. The first-order chi connectivity index (χ1) is 10.2. The zero-order valence-corrected chi connectivity index (χ0v) is 13.4. The molecule has 1 aromatic carbocycles. The minimum Gasteiger partial charge on any atom is -0.493 e. The van der Waals surface area contributed by atoms with Crippen LogP contribution in [0.4, 0.5) is 0 Å². The fourth-order valence-electron chi connectivity index (χ4n) is 2.56. The summed E-state index contributed by atoms with van der Waals surface area (Å²) < 4.78 is 16.6. The topological polar surface area (TPSA) is 39.7 Å². The smallest absolute Gasteiger partial charge is 0.161 e. The van der Waals surface area contributed by atoms with Crippen LogP contribution in [0.1, 0.15) is 32.3 Å². The molecule has 0 spiro atoms. The maximum atomic E-state index is 5.73. The van der Waals surface area contributed by atoms with Gasteiger partial charge in [-0.2, -0.15) is 0 Å². The average molecular weight is 293 g/mol. The quantitative estimate of drug-likeness (QED) is 0.839. The van der Waals surface area contributed by atoms with Crippen LogP contribution in [0.3, 0.4) is 0 Å². The third-order valence-corrected chi connectivity index (χ3v) is 3.61. The van der Waals surface area contributed by atoms with Crippen molar-refractivity contribution in [3.8, 4) is 11.5 Å². The molecule has 1 atom stereocenters. The minimum atomic E-state index is 0.147. The normalized spacial score (nSPS) is 18.8. The van der Waals surface area contributed by atoms with Crippen LogP contribution in [0.25, 0.3) is 0 Å². The van der Waals surface area contributed by atoms with Gasteiger partial charge in [-0.25, -0.2) is 0 Å². The van der Waals surface area contributed by atoms with Crippen LogP contribution in [0.2, 0.25) is 0 Å². The molecular weight excluding hydrogens is 266 g/mol. The van der Waals surface area contributed by atoms with E-state index in [4.69, 9.17) is 14.2 Å². The number of hydrogen-bond acceptors (Lipinski definition) is 4. The van der Waals surface area contributed by atoms with Gasteiger partial charge in [-0.05, 0) is 50.3 Å². The lowest BCUT2D eigenvalue weighted by molar-refractivity contribution is 0.0547. The van der Waals surface area contributed by atoms with Crippen LogP contribution in [0.5, 0.6) is 11.5 Å².